The first-order chi connectivity index (χ1) is 11.7. The number of aromatic amines is 1. The summed E-state index contributed by atoms with van der Waals surface area (Å²) in [4.78, 5) is 15.6. The molecule has 4 aromatic rings. The molecule has 5 rings (SSSR count). The van der Waals surface area contributed by atoms with E-state index in [1.54, 1.807) is 15.9 Å². The predicted octanol–water partition coefficient (Wildman–Crippen LogP) is 3.55. The zero-order valence-corrected chi connectivity index (χ0v) is 14.6. The highest BCUT2D eigenvalue weighted by molar-refractivity contribution is 7.71. The summed E-state index contributed by atoms with van der Waals surface area (Å²) < 4.78 is 4.12. The topological polar surface area (TPSA) is 55.1 Å². The molecule has 1 N–H and O–H groups in total. The lowest BCUT2D eigenvalue weighted by molar-refractivity contribution is 0.913. The molecule has 0 spiro atoms. The third-order valence-electron chi connectivity index (χ3n) is 4.73. The quantitative estimate of drug-likeness (QED) is 0.532. The van der Waals surface area contributed by atoms with Crippen molar-refractivity contribution in [3.8, 4) is 5.69 Å². The maximum absolute atomic E-state index is 13.4. The monoisotopic (exact) mass is 354 g/mol. The Hall–Kier alpha value is -2.25. The minimum Gasteiger partial charge on any atom is -0.268 e. The lowest BCUT2D eigenvalue weighted by atomic mass is 10.1. The molecule has 0 atom stereocenters. The fourth-order valence-electron chi connectivity index (χ4n) is 3.62. The van der Waals surface area contributed by atoms with Crippen LogP contribution in [-0.4, -0.2) is 19.2 Å². The fourth-order valence-corrected chi connectivity index (χ4v) is 5.28. The van der Waals surface area contributed by atoms with E-state index in [9.17, 15) is 4.79 Å². The number of H-pyrrole nitrogens is 1. The van der Waals surface area contributed by atoms with Gasteiger partial charge in [0.2, 0.25) is 10.5 Å². The highest BCUT2D eigenvalue weighted by Gasteiger charge is 2.25. The van der Waals surface area contributed by atoms with E-state index in [1.165, 1.54) is 10.4 Å². The van der Waals surface area contributed by atoms with Gasteiger partial charge in [-0.2, -0.15) is 0 Å². The van der Waals surface area contributed by atoms with E-state index in [0.717, 1.165) is 40.7 Å². The molecule has 120 valence electrons. The summed E-state index contributed by atoms with van der Waals surface area (Å²) in [6, 6.07) is 7.86. The molecular formula is C17H14N4OS2. The number of aromatic nitrogens is 4. The molecule has 3 heterocycles. The van der Waals surface area contributed by atoms with Gasteiger partial charge in [-0.3, -0.25) is 4.79 Å². The minimum absolute atomic E-state index is 0.000185. The summed E-state index contributed by atoms with van der Waals surface area (Å²) in [6.07, 6.45) is 3.13. The molecule has 0 radical (unpaired) electrons. The molecule has 7 heteroatoms. The van der Waals surface area contributed by atoms with Crippen molar-refractivity contribution in [1.82, 2.24) is 19.2 Å². The molecule has 5 nitrogen and oxygen atoms in total. The Labute approximate surface area is 146 Å². The number of hydrogen-bond acceptors (Lipinski definition) is 4. The molecule has 0 saturated carbocycles. The number of para-hydroxylation sites is 1. The van der Waals surface area contributed by atoms with Crippen LogP contribution in [0.4, 0.5) is 0 Å². The Balaban J connectivity index is 2.07. The Morgan fingerprint density at radius 1 is 1.29 bits per heavy atom. The van der Waals surface area contributed by atoms with Crippen molar-refractivity contribution in [2.24, 2.45) is 0 Å². The molecule has 0 unspecified atom stereocenters. The Morgan fingerprint density at radius 3 is 2.96 bits per heavy atom. The van der Waals surface area contributed by atoms with Crippen LogP contribution in [-0.2, 0) is 12.8 Å². The summed E-state index contributed by atoms with van der Waals surface area (Å²) in [6.45, 7) is 2.00. The van der Waals surface area contributed by atoms with Crippen LogP contribution in [0.2, 0.25) is 0 Å². The van der Waals surface area contributed by atoms with E-state index in [0.29, 0.717) is 10.5 Å². The number of benzene rings is 1. The fraction of sp³-hybridized carbons (Fsp3) is 0.235. The lowest BCUT2D eigenvalue weighted by Gasteiger charge is -2.11. The molecule has 1 aliphatic rings. The van der Waals surface area contributed by atoms with Gasteiger partial charge in [0.05, 0.1) is 11.1 Å². The summed E-state index contributed by atoms with van der Waals surface area (Å²) in [7, 11) is 0. The number of fused-ring (bicyclic) bond motifs is 5. The maximum Gasteiger partial charge on any atom is 0.268 e. The first-order valence-electron chi connectivity index (χ1n) is 7.89. The number of nitrogens with one attached hydrogen (secondary N) is 1. The Bertz CT molecular complexity index is 1240. The molecule has 24 heavy (non-hydrogen) atoms. The Morgan fingerprint density at radius 2 is 2.12 bits per heavy atom. The Kier molecular flexibility index (Phi) is 2.87. The summed E-state index contributed by atoms with van der Waals surface area (Å²) in [5.41, 5.74) is 3.08. The van der Waals surface area contributed by atoms with E-state index in [4.69, 9.17) is 12.2 Å². The van der Waals surface area contributed by atoms with Gasteiger partial charge >= 0.3 is 0 Å². The number of thiophene rings is 1. The van der Waals surface area contributed by atoms with Crippen molar-refractivity contribution in [1.29, 1.82) is 0 Å². The van der Waals surface area contributed by atoms with Gasteiger partial charge in [0.15, 0.2) is 0 Å². The van der Waals surface area contributed by atoms with Gasteiger partial charge in [-0.1, -0.05) is 18.2 Å². The van der Waals surface area contributed by atoms with Crippen molar-refractivity contribution in [2.75, 3.05) is 0 Å². The zero-order valence-electron chi connectivity index (χ0n) is 13.0. The number of hydrogen-bond donors (Lipinski definition) is 1. The molecule has 0 saturated heterocycles. The van der Waals surface area contributed by atoms with Crippen LogP contribution in [0.15, 0.2) is 29.1 Å². The summed E-state index contributed by atoms with van der Waals surface area (Å²) in [5.74, 6) is 0.548. The standard InChI is InChI=1S/C17H14N4OS2/c1-9-5-2-3-7-11(9)20-14(22)13-10-6-4-8-12(10)24-15(13)21-16(20)18-19-17(21)23/h2-3,5,7H,4,6,8H2,1H3,(H,19,23). The second kappa shape index (κ2) is 4.87. The van der Waals surface area contributed by atoms with Crippen LogP contribution in [0.3, 0.4) is 0 Å². The highest BCUT2D eigenvalue weighted by atomic mass is 32.1. The van der Waals surface area contributed by atoms with Crippen LogP contribution in [0.1, 0.15) is 22.4 Å². The van der Waals surface area contributed by atoms with Crippen molar-refractivity contribution in [2.45, 2.75) is 26.2 Å². The molecule has 3 aromatic heterocycles. The average molecular weight is 354 g/mol. The van der Waals surface area contributed by atoms with Gasteiger partial charge in [0.1, 0.15) is 4.83 Å². The second-order valence-electron chi connectivity index (χ2n) is 6.13. The SMILES string of the molecule is Cc1ccccc1-n1c(=O)c2c3c(sc2n2c(=S)[nH]nc12)CCC3. The first-order valence-corrected chi connectivity index (χ1v) is 9.11. The smallest absolute Gasteiger partial charge is 0.268 e. The van der Waals surface area contributed by atoms with Crippen LogP contribution >= 0.6 is 23.6 Å². The van der Waals surface area contributed by atoms with Crippen molar-refractivity contribution < 1.29 is 0 Å². The molecule has 1 aliphatic carbocycles. The third-order valence-corrected chi connectivity index (χ3v) is 6.28. The number of rotatable bonds is 1. The van der Waals surface area contributed by atoms with Crippen LogP contribution in [0.5, 0.6) is 0 Å². The second-order valence-corrected chi connectivity index (χ2v) is 7.60. The van der Waals surface area contributed by atoms with E-state index >= 15 is 0 Å². The van der Waals surface area contributed by atoms with E-state index in [1.807, 2.05) is 35.6 Å². The van der Waals surface area contributed by atoms with E-state index in [2.05, 4.69) is 10.2 Å². The molecule has 1 aromatic carbocycles. The van der Waals surface area contributed by atoms with E-state index < -0.39 is 0 Å². The lowest BCUT2D eigenvalue weighted by Crippen LogP contribution is -2.22. The predicted molar refractivity (Wildman–Crippen MR) is 98.1 cm³/mol. The maximum atomic E-state index is 13.4. The molecule has 0 aliphatic heterocycles. The van der Waals surface area contributed by atoms with Crippen LogP contribution in [0.25, 0.3) is 21.7 Å². The van der Waals surface area contributed by atoms with Gasteiger partial charge in [0, 0.05) is 4.88 Å². The number of nitrogens with zero attached hydrogens (tertiary/aromatic N) is 3. The van der Waals surface area contributed by atoms with Gasteiger partial charge in [-0.25, -0.2) is 14.1 Å². The van der Waals surface area contributed by atoms with Crippen molar-refractivity contribution in [3.63, 3.8) is 0 Å². The molecular weight excluding hydrogens is 340 g/mol. The van der Waals surface area contributed by atoms with Crippen LogP contribution < -0.4 is 5.56 Å². The average Bonchev–Trinajstić information content (AvgIpc) is 3.23. The minimum atomic E-state index is 0.000185. The van der Waals surface area contributed by atoms with Gasteiger partial charge in [0.25, 0.3) is 5.56 Å². The highest BCUT2D eigenvalue weighted by Crippen LogP contribution is 2.36. The van der Waals surface area contributed by atoms with Crippen molar-refractivity contribution >= 4 is 39.5 Å². The van der Waals surface area contributed by atoms with Gasteiger partial charge in [-0.15, -0.1) is 16.4 Å². The van der Waals surface area contributed by atoms with Crippen LogP contribution in [0, 0.1) is 11.7 Å². The number of aryl methyl sites for hydroxylation is 3. The first kappa shape index (κ1) is 14.1. The molecule has 0 amide bonds. The zero-order chi connectivity index (χ0) is 16.4. The summed E-state index contributed by atoms with van der Waals surface area (Å²) >= 11 is 7.12. The van der Waals surface area contributed by atoms with Gasteiger partial charge in [-0.05, 0) is 55.6 Å². The van der Waals surface area contributed by atoms with Crippen molar-refractivity contribution in [3.05, 3.63) is 55.4 Å². The normalized spacial score (nSPS) is 13.9. The third kappa shape index (κ3) is 1.71. The molecule has 0 fully saturated rings. The largest absolute Gasteiger partial charge is 0.268 e. The summed E-state index contributed by atoms with van der Waals surface area (Å²) in [5, 5.41) is 8.00. The van der Waals surface area contributed by atoms with E-state index in [-0.39, 0.29) is 5.56 Å². The molecule has 0 bridgehead atoms. The van der Waals surface area contributed by atoms with Gasteiger partial charge < -0.3 is 0 Å².